The highest BCUT2D eigenvalue weighted by Crippen LogP contribution is 2.25. The summed E-state index contributed by atoms with van der Waals surface area (Å²) in [5, 5.41) is 13.1. The van der Waals surface area contributed by atoms with Crippen molar-refractivity contribution < 1.29 is 17.9 Å². The second-order valence-electron chi connectivity index (χ2n) is 3.49. The largest absolute Gasteiger partial charge is 0.392 e. The zero-order valence-corrected chi connectivity index (χ0v) is 9.67. The van der Waals surface area contributed by atoms with E-state index in [4.69, 9.17) is 10.2 Å². The molecule has 1 unspecified atom stereocenters. The highest BCUT2D eigenvalue weighted by atomic mass is 32.2. The molecule has 90 valence electrons. The lowest BCUT2D eigenvalue weighted by atomic mass is 10.1. The maximum absolute atomic E-state index is 13.1. The van der Waals surface area contributed by atoms with Gasteiger partial charge < -0.3 is 5.11 Å². The van der Waals surface area contributed by atoms with Gasteiger partial charge in [-0.15, -0.1) is 0 Å². The molecular weight excluding hydrogens is 233 g/mol. The molecule has 0 amide bonds. The lowest BCUT2D eigenvalue weighted by molar-refractivity contribution is 0.275. The number of primary sulfonamides is 1. The average Bonchev–Trinajstić information content (AvgIpc) is 2.19. The Morgan fingerprint density at radius 3 is 2.56 bits per heavy atom. The van der Waals surface area contributed by atoms with Crippen molar-refractivity contribution in [2.45, 2.75) is 25.2 Å². The smallest absolute Gasteiger partial charge is 0.216 e. The molecule has 6 heteroatoms. The Hall–Kier alpha value is -0.980. The van der Waals surface area contributed by atoms with E-state index < -0.39 is 27.7 Å². The number of halogens is 1. The van der Waals surface area contributed by atoms with Crippen LogP contribution in [0.1, 0.15) is 29.7 Å². The van der Waals surface area contributed by atoms with E-state index in [1.54, 1.807) is 6.92 Å². The Kier molecular flexibility index (Phi) is 4.01. The van der Waals surface area contributed by atoms with E-state index in [1.165, 1.54) is 12.1 Å². The van der Waals surface area contributed by atoms with Crippen LogP contribution in [0.5, 0.6) is 0 Å². The van der Waals surface area contributed by atoms with E-state index in [1.807, 2.05) is 0 Å². The average molecular weight is 247 g/mol. The normalized spacial score (nSPS) is 13.8. The molecule has 0 saturated heterocycles. The number of sulfonamides is 1. The molecule has 0 aliphatic carbocycles. The Bertz CT molecular complexity index is 473. The fourth-order valence-corrected chi connectivity index (χ4v) is 2.56. The monoisotopic (exact) mass is 247 g/mol. The fraction of sp³-hybridized carbons (Fsp3) is 0.400. The van der Waals surface area contributed by atoms with E-state index in [0.717, 1.165) is 6.07 Å². The van der Waals surface area contributed by atoms with Crippen LogP contribution < -0.4 is 5.14 Å². The molecule has 3 N–H and O–H groups in total. The minimum Gasteiger partial charge on any atom is -0.392 e. The summed E-state index contributed by atoms with van der Waals surface area (Å²) in [6.45, 7) is 1.21. The molecule has 1 aromatic rings. The first-order valence-electron chi connectivity index (χ1n) is 4.81. The highest BCUT2D eigenvalue weighted by Gasteiger charge is 2.22. The number of aliphatic hydroxyl groups is 1. The van der Waals surface area contributed by atoms with E-state index >= 15 is 0 Å². The van der Waals surface area contributed by atoms with Crippen LogP contribution in [-0.2, 0) is 16.6 Å². The molecular formula is C10H14FNO3S. The predicted octanol–water partition coefficient (Wildman–Crippen LogP) is 1.06. The van der Waals surface area contributed by atoms with E-state index in [9.17, 15) is 12.8 Å². The van der Waals surface area contributed by atoms with Gasteiger partial charge in [-0.25, -0.2) is 17.9 Å². The van der Waals surface area contributed by atoms with Gasteiger partial charge in [0.1, 0.15) is 5.82 Å². The first-order valence-corrected chi connectivity index (χ1v) is 6.42. The number of hydrogen-bond acceptors (Lipinski definition) is 3. The summed E-state index contributed by atoms with van der Waals surface area (Å²) in [6.07, 6.45) is 0.301. The molecule has 1 rings (SSSR count). The lowest BCUT2D eigenvalue weighted by Crippen LogP contribution is -2.21. The number of nitrogens with two attached hydrogens (primary N) is 1. The standard InChI is InChI=1S/C10H14FNO3S/c1-2-10(16(12,14)15)7-3-4-9(11)8(5-7)6-13/h3-5,10,13H,2,6H2,1H3,(H2,12,14,15). The molecule has 0 saturated carbocycles. The maximum atomic E-state index is 13.1. The molecule has 1 atom stereocenters. The Labute approximate surface area is 94.0 Å². The van der Waals surface area contributed by atoms with Gasteiger partial charge in [-0.2, -0.15) is 0 Å². The third kappa shape index (κ3) is 2.78. The first kappa shape index (κ1) is 13.1. The summed E-state index contributed by atoms with van der Waals surface area (Å²) in [5.74, 6) is -0.560. The SMILES string of the molecule is CCC(c1ccc(F)c(CO)c1)S(N)(=O)=O. The summed E-state index contributed by atoms with van der Waals surface area (Å²) in [4.78, 5) is 0. The Morgan fingerprint density at radius 2 is 2.12 bits per heavy atom. The third-order valence-electron chi connectivity index (χ3n) is 2.38. The highest BCUT2D eigenvalue weighted by molar-refractivity contribution is 7.89. The second kappa shape index (κ2) is 4.90. The van der Waals surface area contributed by atoms with E-state index in [0.29, 0.717) is 12.0 Å². The zero-order valence-electron chi connectivity index (χ0n) is 8.85. The van der Waals surface area contributed by atoms with Gasteiger partial charge in [0.05, 0.1) is 11.9 Å². The molecule has 0 aliphatic heterocycles. The first-order chi connectivity index (χ1) is 7.40. The Morgan fingerprint density at radius 1 is 1.50 bits per heavy atom. The van der Waals surface area contributed by atoms with Crippen molar-refractivity contribution in [2.75, 3.05) is 0 Å². The van der Waals surface area contributed by atoms with Crippen LogP contribution in [0.3, 0.4) is 0 Å². The summed E-state index contributed by atoms with van der Waals surface area (Å²) in [5.41, 5.74) is 0.468. The molecule has 0 radical (unpaired) electrons. The number of rotatable bonds is 4. The molecule has 4 nitrogen and oxygen atoms in total. The molecule has 16 heavy (non-hydrogen) atoms. The Balaban J connectivity index is 3.22. The minimum atomic E-state index is -3.71. The zero-order chi connectivity index (χ0) is 12.3. The van der Waals surface area contributed by atoms with Crippen molar-refractivity contribution >= 4 is 10.0 Å². The van der Waals surface area contributed by atoms with Gasteiger partial charge in [-0.1, -0.05) is 13.0 Å². The molecule has 0 bridgehead atoms. The van der Waals surface area contributed by atoms with Gasteiger partial charge in [0.2, 0.25) is 10.0 Å². The van der Waals surface area contributed by atoms with E-state index in [2.05, 4.69) is 0 Å². The molecule has 0 spiro atoms. The van der Waals surface area contributed by atoms with Crippen LogP contribution in [0.15, 0.2) is 18.2 Å². The van der Waals surface area contributed by atoms with Crippen LogP contribution in [-0.4, -0.2) is 13.5 Å². The summed E-state index contributed by atoms with van der Waals surface area (Å²) in [7, 11) is -3.71. The van der Waals surface area contributed by atoms with Gasteiger partial charge >= 0.3 is 0 Å². The van der Waals surface area contributed by atoms with Crippen molar-refractivity contribution in [1.29, 1.82) is 0 Å². The van der Waals surface area contributed by atoms with Gasteiger partial charge in [0, 0.05) is 5.56 Å². The number of benzene rings is 1. The summed E-state index contributed by atoms with van der Waals surface area (Å²) < 4.78 is 35.6. The van der Waals surface area contributed by atoms with Crippen LogP contribution in [0.4, 0.5) is 4.39 Å². The van der Waals surface area contributed by atoms with Crippen molar-refractivity contribution in [3.8, 4) is 0 Å². The van der Waals surface area contributed by atoms with Gasteiger partial charge in [-0.3, -0.25) is 0 Å². The van der Waals surface area contributed by atoms with Crippen LogP contribution in [0, 0.1) is 5.82 Å². The van der Waals surface area contributed by atoms with Gasteiger partial charge in [-0.05, 0) is 24.1 Å². The number of aliphatic hydroxyl groups excluding tert-OH is 1. The summed E-state index contributed by atoms with van der Waals surface area (Å²) in [6, 6.07) is 3.83. The fourth-order valence-electron chi connectivity index (χ4n) is 1.57. The lowest BCUT2D eigenvalue weighted by Gasteiger charge is -2.13. The quantitative estimate of drug-likeness (QED) is 0.834. The molecule has 0 fully saturated rings. The topological polar surface area (TPSA) is 80.4 Å². The number of hydrogen-bond donors (Lipinski definition) is 2. The molecule has 0 aromatic heterocycles. The van der Waals surface area contributed by atoms with Gasteiger partial charge in [0.15, 0.2) is 0 Å². The van der Waals surface area contributed by atoms with Crippen molar-refractivity contribution in [1.82, 2.24) is 0 Å². The molecule has 1 aromatic carbocycles. The van der Waals surface area contributed by atoms with Crippen molar-refractivity contribution in [3.05, 3.63) is 35.1 Å². The molecule has 0 aliphatic rings. The van der Waals surface area contributed by atoms with Crippen LogP contribution >= 0.6 is 0 Å². The molecule has 0 heterocycles. The minimum absolute atomic E-state index is 0.0691. The summed E-state index contributed by atoms with van der Waals surface area (Å²) >= 11 is 0. The van der Waals surface area contributed by atoms with E-state index in [-0.39, 0.29) is 5.56 Å². The predicted molar refractivity (Wildman–Crippen MR) is 58.5 cm³/mol. The van der Waals surface area contributed by atoms with Gasteiger partial charge in [0.25, 0.3) is 0 Å². The second-order valence-corrected chi connectivity index (χ2v) is 5.24. The van der Waals surface area contributed by atoms with Crippen LogP contribution in [0.2, 0.25) is 0 Å². The maximum Gasteiger partial charge on any atom is 0.216 e. The third-order valence-corrected chi connectivity index (χ3v) is 3.78. The van der Waals surface area contributed by atoms with Crippen molar-refractivity contribution in [2.24, 2.45) is 5.14 Å². The van der Waals surface area contributed by atoms with Crippen LogP contribution in [0.25, 0.3) is 0 Å². The van der Waals surface area contributed by atoms with Crippen molar-refractivity contribution in [3.63, 3.8) is 0 Å².